The quantitative estimate of drug-likeness (QED) is 0.754. The van der Waals surface area contributed by atoms with E-state index in [1.807, 2.05) is 0 Å². The maximum absolute atomic E-state index is 3.43. The molecule has 0 saturated heterocycles. The van der Waals surface area contributed by atoms with E-state index in [-0.39, 0.29) is 0 Å². The summed E-state index contributed by atoms with van der Waals surface area (Å²) in [7, 11) is 2.08. The molecule has 1 heteroatoms. The number of likely N-dealkylation sites (N-methyl/N-ethyl adjacent to an activating group) is 1. The van der Waals surface area contributed by atoms with Crippen LogP contribution in [0.2, 0.25) is 0 Å². The molecule has 1 nitrogen and oxygen atoms in total. The molecule has 1 aliphatic rings. The summed E-state index contributed by atoms with van der Waals surface area (Å²) in [4.78, 5) is 0. The number of benzene rings is 1. The van der Waals surface area contributed by atoms with Gasteiger partial charge in [-0.25, -0.2) is 0 Å². The minimum absolute atomic E-state index is 0.691. The van der Waals surface area contributed by atoms with Crippen LogP contribution in [-0.4, -0.2) is 13.1 Å². The average Bonchev–Trinajstić information content (AvgIpc) is 2.65. The lowest BCUT2D eigenvalue weighted by molar-refractivity contribution is 0.522. The standard InChI is InChI=1S/C13H19N/c1-10-5-3-6-11(9-10)12-7-4-8-13(12)14-2/h3,5-6,9,12-14H,4,7-8H2,1-2H3. The molecule has 0 amide bonds. The van der Waals surface area contributed by atoms with Crippen molar-refractivity contribution >= 4 is 0 Å². The van der Waals surface area contributed by atoms with E-state index < -0.39 is 0 Å². The van der Waals surface area contributed by atoms with Crippen molar-refractivity contribution in [2.45, 2.75) is 38.1 Å². The third kappa shape index (κ3) is 1.83. The highest BCUT2D eigenvalue weighted by Gasteiger charge is 2.26. The van der Waals surface area contributed by atoms with Crippen molar-refractivity contribution in [2.75, 3.05) is 7.05 Å². The van der Waals surface area contributed by atoms with Crippen LogP contribution in [0.3, 0.4) is 0 Å². The molecule has 2 atom stereocenters. The first kappa shape index (κ1) is 9.72. The van der Waals surface area contributed by atoms with E-state index in [2.05, 4.69) is 43.6 Å². The Morgan fingerprint density at radius 2 is 2.14 bits per heavy atom. The highest BCUT2D eigenvalue weighted by atomic mass is 14.9. The Morgan fingerprint density at radius 3 is 2.86 bits per heavy atom. The lowest BCUT2D eigenvalue weighted by Crippen LogP contribution is -2.27. The molecule has 0 aliphatic heterocycles. The third-order valence-corrected chi connectivity index (χ3v) is 3.36. The van der Waals surface area contributed by atoms with Gasteiger partial charge in [0.15, 0.2) is 0 Å². The highest BCUT2D eigenvalue weighted by Crippen LogP contribution is 2.34. The summed E-state index contributed by atoms with van der Waals surface area (Å²) in [5, 5.41) is 3.43. The summed E-state index contributed by atoms with van der Waals surface area (Å²) in [6, 6.07) is 9.65. The van der Waals surface area contributed by atoms with Gasteiger partial charge < -0.3 is 5.32 Å². The second-order valence-corrected chi connectivity index (χ2v) is 4.35. The van der Waals surface area contributed by atoms with E-state index in [4.69, 9.17) is 0 Å². The number of hydrogen-bond acceptors (Lipinski definition) is 1. The van der Waals surface area contributed by atoms with Crippen molar-refractivity contribution in [1.29, 1.82) is 0 Å². The first-order chi connectivity index (χ1) is 6.81. The number of nitrogens with one attached hydrogen (secondary N) is 1. The van der Waals surface area contributed by atoms with Gasteiger partial charge in [-0.2, -0.15) is 0 Å². The van der Waals surface area contributed by atoms with Gasteiger partial charge in [-0.3, -0.25) is 0 Å². The smallest absolute Gasteiger partial charge is 0.0133 e. The van der Waals surface area contributed by atoms with Crippen LogP contribution >= 0.6 is 0 Å². The monoisotopic (exact) mass is 189 g/mol. The fraction of sp³-hybridized carbons (Fsp3) is 0.538. The summed E-state index contributed by atoms with van der Waals surface area (Å²) < 4.78 is 0. The molecule has 0 bridgehead atoms. The van der Waals surface area contributed by atoms with Crippen LogP contribution in [0.5, 0.6) is 0 Å². The average molecular weight is 189 g/mol. The molecule has 1 fully saturated rings. The topological polar surface area (TPSA) is 12.0 Å². The molecular weight excluding hydrogens is 170 g/mol. The van der Waals surface area contributed by atoms with Crippen molar-refractivity contribution in [2.24, 2.45) is 0 Å². The minimum Gasteiger partial charge on any atom is -0.316 e. The zero-order valence-electron chi connectivity index (χ0n) is 9.09. The molecule has 1 saturated carbocycles. The molecule has 2 rings (SSSR count). The highest BCUT2D eigenvalue weighted by molar-refractivity contribution is 5.27. The summed E-state index contributed by atoms with van der Waals surface area (Å²) >= 11 is 0. The molecular formula is C13H19N. The van der Waals surface area contributed by atoms with E-state index in [9.17, 15) is 0 Å². The summed E-state index contributed by atoms with van der Waals surface area (Å²) in [6.07, 6.45) is 4.04. The minimum atomic E-state index is 0.691. The fourth-order valence-corrected chi connectivity index (χ4v) is 2.61. The SMILES string of the molecule is CNC1CCCC1c1cccc(C)c1. The molecule has 0 heterocycles. The summed E-state index contributed by atoms with van der Waals surface area (Å²) in [5.41, 5.74) is 2.89. The molecule has 1 N–H and O–H groups in total. The molecule has 0 spiro atoms. The predicted octanol–water partition coefficient (Wildman–Crippen LogP) is 2.85. The summed E-state index contributed by atoms with van der Waals surface area (Å²) in [5.74, 6) is 0.736. The van der Waals surface area contributed by atoms with Crippen LogP contribution < -0.4 is 5.32 Å². The van der Waals surface area contributed by atoms with Crippen molar-refractivity contribution < 1.29 is 0 Å². The first-order valence-electron chi connectivity index (χ1n) is 5.55. The molecule has 1 aromatic carbocycles. The second kappa shape index (κ2) is 4.14. The van der Waals surface area contributed by atoms with E-state index in [0.717, 1.165) is 5.92 Å². The van der Waals surface area contributed by atoms with Gasteiger partial charge in [0, 0.05) is 6.04 Å². The van der Waals surface area contributed by atoms with E-state index in [0.29, 0.717) is 6.04 Å². The van der Waals surface area contributed by atoms with Crippen molar-refractivity contribution in [3.63, 3.8) is 0 Å². The Labute approximate surface area is 86.5 Å². The van der Waals surface area contributed by atoms with Gasteiger partial charge in [0.1, 0.15) is 0 Å². The molecule has 1 aromatic rings. The van der Waals surface area contributed by atoms with Gasteiger partial charge in [0.05, 0.1) is 0 Å². The lowest BCUT2D eigenvalue weighted by Gasteiger charge is -2.19. The molecule has 0 aromatic heterocycles. The lowest BCUT2D eigenvalue weighted by atomic mass is 9.93. The van der Waals surface area contributed by atoms with E-state index in [1.54, 1.807) is 0 Å². The van der Waals surface area contributed by atoms with Crippen LogP contribution in [0.1, 0.15) is 36.3 Å². The maximum atomic E-state index is 3.43. The van der Waals surface area contributed by atoms with Gasteiger partial charge in [0.25, 0.3) is 0 Å². The van der Waals surface area contributed by atoms with Crippen LogP contribution in [0.15, 0.2) is 24.3 Å². The Balaban J connectivity index is 2.21. The normalized spacial score (nSPS) is 26.7. The van der Waals surface area contributed by atoms with Gasteiger partial charge in [0.2, 0.25) is 0 Å². The van der Waals surface area contributed by atoms with Crippen LogP contribution in [0, 0.1) is 6.92 Å². The van der Waals surface area contributed by atoms with Gasteiger partial charge in [-0.15, -0.1) is 0 Å². The van der Waals surface area contributed by atoms with Crippen molar-refractivity contribution in [3.05, 3.63) is 35.4 Å². The zero-order valence-corrected chi connectivity index (χ0v) is 9.09. The van der Waals surface area contributed by atoms with Crippen LogP contribution in [-0.2, 0) is 0 Å². The third-order valence-electron chi connectivity index (χ3n) is 3.36. The molecule has 76 valence electrons. The Bertz CT molecular complexity index is 306. The maximum Gasteiger partial charge on any atom is 0.0133 e. The molecule has 14 heavy (non-hydrogen) atoms. The molecule has 0 radical (unpaired) electrons. The molecule has 1 aliphatic carbocycles. The van der Waals surface area contributed by atoms with Crippen LogP contribution in [0.4, 0.5) is 0 Å². The fourth-order valence-electron chi connectivity index (χ4n) is 2.61. The van der Waals surface area contributed by atoms with Crippen LogP contribution in [0.25, 0.3) is 0 Å². The van der Waals surface area contributed by atoms with Gasteiger partial charge >= 0.3 is 0 Å². The Kier molecular flexibility index (Phi) is 2.87. The first-order valence-corrected chi connectivity index (χ1v) is 5.55. The zero-order chi connectivity index (χ0) is 9.97. The van der Waals surface area contributed by atoms with E-state index >= 15 is 0 Å². The molecule has 2 unspecified atom stereocenters. The Hall–Kier alpha value is -0.820. The number of aryl methyl sites for hydroxylation is 1. The predicted molar refractivity (Wildman–Crippen MR) is 60.6 cm³/mol. The number of hydrogen-bond donors (Lipinski definition) is 1. The van der Waals surface area contributed by atoms with E-state index in [1.165, 1.54) is 30.4 Å². The van der Waals surface area contributed by atoms with Crippen molar-refractivity contribution in [1.82, 2.24) is 5.32 Å². The largest absolute Gasteiger partial charge is 0.316 e. The number of rotatable bonds is 2. The van der Waals surface area contributed by atoms with Crippen molar-refractivity contribution in [3.8, 4) is 0 Å². The van der Waals surface area contributed by atoms with Gasteiger partial charge in [-0.1, -0.05) is 36.2 Å². The second-order valence-electron chi connectivity index (χ2n) is 4.35. The Morgan fingerprint density at radius 1 is 1.29 bits per heavy atom. The van der Waals surface area contributed by atoms with Gasteiger partial charge in [-0.05, 0) is 38.3 Å². The summed E-state index contributed by atoms with van der Waals surface area (Å²) in [6.45, 7) is 2.17.